The van der Waals surface area contributed by atoms with E-state index in [2.05, 4.69) is 0 Å². The number of hydrogen-bond acceptors (Lipinski definition) is 4. The molecular formula is C23H23NO5. The van der Waals surface area contributed by atoms with Crippen molar-refractivity contribution in [3.05, 3.63) is 65.4 Å². The number of ether oxygens (including phenoxy) is 2. The fraction of sp³-hybridized carbons (Fsp3) is 0.304. The summed E-state index contributed by atoms with van der Waals surface area (Å²) in [6.07, 6.45) is 0.938. The van der Waals surface area contributed by atoms with Gasteiger partial charge in [-0.15, -0.1) is 0 Å². The van der Waals surface area contributed by atoms with Gasteiger partial charge in [0.1, 0.15) is 5.75 Å². The smallest absolute Gasteiger partial charge is 0.307 e. The Labute approximate surface area is 168 Å². The van der Waals surface area contributed by atoms with Crippen molar-refractivity contribution >= 4 is 22.8 Å². The van der Waals surface area contributed by atoms with Crippen LogP contribution < -0.4 is 4.74 Å². The Morgan fingerprint density at radius 3 is 2.69 bits per heavy atom. The van der Waals surface area contributed by atoms with Crippen molar-refractivity contribution in [3.8, 4) is 5.75 Å². The van der Waals surface area contributed by atoms with Crippen LogP contribution in [0.5, 0.6) is 5.75 Å². The molecule has 2 aromatic carbocycles. The highest BCUT2D eigenvalue weighted by molar-refractivity contribution is 6.04. The van der Waals surface area contributed by atoms with Gasteiger partial charge in [0.2, 0.25) is 0 Å². The Bertz CT molecular complexity index is 1050. The summed E-state index contributed by atoms with van der Waals surface area (Å²) in [7, 11) is 0. The molecule has 0 amide bonds. The first-order chi connectivity index (χ1) is 14.0. The van der Waals surface area contributed by atoms with Crippen LogP contribution in [0.4, 0.5) is 0 Å². The summed E-state index contributed by atoms with van der Waals surface area (Å²) in [6.45, 7) is 3.99. The summed E-state index contributed by atoms with van der Waals surface area (Å²) in [5, 5.41) is 9.93. The van der Waals surface area contributed by atoms with Crippen LogP contribution in [0.25, 0.3) is 10.9 Å². The average molecular weight is 393 g/mol. The Kier molecular flexibility index (Phi) is 5.36. The Morgan fingerprint density at radius 1 is 1.21 bits per heavy atom. The van der Waals surface area contributed by atoms with E-state index in [-0.39, 0.29) is 12.3 Å². The molecule has 1 unspecified atom stereocenters. The second kappa shape index (κ2) is 8.09. The van der Waals surface area contributed by atoms with E-state index in [4.69, 9.17) is 14.6 Å². The number of nitrogens with zero attached hydrogens (tertiary/aromatic N) is 1. The molecule has 150 valence electrons. The van der Waals surface area contributed by atoms with E-state index in [1.807, 2.05) is 19.1 Å². The lowest BCUT2D eigenvalue weighted by atomic mass is 10.1. The number of aromatic nitrogens is 1. The molecule has 4 rings (SSSR count). The summed E-state index contributed by atoms with van der Waals surface area (Å²) in [5.41, 5.74) is 2.73. The summed E-state index contributed by atoms with van der Waals surface area (Å²) >= 11 is 0. The number of aliphatic carboxylic acids is 1. The number of aryl methyl sites for hydroxylation is 1. The number of carboxylic acid groups (broad SMARTS) is 1. The molecule has 0 bridgehead atoms. The number of benzene rings is 2. The molecule has 0 radical (unpaired) electrons. The van der Waals surface area contributed by atoms with Crippen LogP contribution in [0.1, 0.15) is 28.0 Å². The van der Waals surface area contributed by atoms with E-state index in [0.717, 1.165) is 36.5 Å². The lowest BCUT2D eigenvalue weighted by Crippen LogP contribution is -2.14. The van der Waals surface area contributed by atoms with Crippen LogP contribution in [0.15, 0.2) is 48.5 Å². The van der Waals surface area contributed by atoms with Crippen molar-refractivity contribution in [2.45, 2.75) is 19.8 Å². The summed E-state index contributed by atoms with van der Waals surface area (Å²) in [5.74, 6) is 0.103. The molecule has 0 saturated carbocycles. The maximum absolute atomic E-state index is 13.1. The highest BCUT2D eigenvalue weighted by Crippen LogP contribution is 2.25. The van der Waals surface area contributed by atoms with Crippen molar-refractivity contribution < 1.29 is 24.2 Å². The first kappa shape index (κ1) is 19.2. The monoisotopic (exact) mass is 393 g/mol. The number of hydrogen-bond donors (Lipinski definition) is 1. The van der Waals surface area contributed by atoms with Gasteiger partial charge in [-0.3, -0.25) is 14.2 Å². The molecule has 1 fully saturated rings. The Morgan fingerprint density at radius 2 is 2.00 bits per heavy atom. The highest BCUT2D eigenvalue weighted by atomic mass is 16.5. The van der Waals surface area contributed by atoms with Crippen molar-refractivity contribution in [1.82, 2.24) is 4.57 Å². The predicted octanol–water partition coefficient (Wildman–Crippen LogP) is 3.68. The van der Waals surface area contributed by atoms with Gasteiger partial charge in [-0.1, -0.05) is 12.1 Å². The van der Waals surface area contributed by atoms with Gasteiger partial charge in [0, 0.05) is 29.2 Å². The zero-order chi connectivity index (χ0) is 20.4. The van der Waals surface area contributed by atoms with Gasteiger partial charge in [0.05, 0.1) is 25.2 Å². The maximum atomic E-state index is 13.1. The molecule has 6 nitrogen and oxygen atoms in total. The molecule has 1 aliphatic rings. The SMILES string of the molecule is Cc1cc2c(CC(=O)O)cccc2n1C(=O)c1ccc(OCC2CCOC2)cc1. The van der Waals surface area contributed by atoms with Gasteiger partial charge in [0.15, 0.2) is 0 Å². The van der Waals surface area contributed by atoms with Gasteiger partial charge in [-0.25, -0.2) is 0 Å². The number of fused-ring (bicyclic) bond motifs is 1. The van der Waals surface area contributed by atoms with Gasteiger partial charge in [-0.05, 0) is 55.3 Å². The third-order valence-corrected chi connectivity index (χ3v) is 5.28. The average Bonchev–Trinajstić information content (AvgIpc) is 3.33. The Hall–Kier alpha value is -3.12. The fourth-order valence-corrected chi connectivity index (χ4v) is 3.76. The fourth-order valence-electron chi connectivity index (χ4n) is 3.76. The number of carbonyl (C=O) groups is 2. The van der Waals surface area contributed by atoms with E-state index in [1.165, 1.54) is 0 Å². The van der Waals surface area contributed by atoms with Crippen LogP contribution in [0, 0.1) is 12.8 Å². The number of rotatable bonds is 6. The first-order valence-corrected chi connectivity index (χ1v) is 9.70. The largest absolute Gasteiger partial charge is 0.493 e. The van der Waals surface area contributed by atoms with E-state index in [1.54, 1.807) is 41.0 Å². The molecule has 0 aliphatic carbocycles. The number of carbonyl (C=O) groups excluding carboxylic acids is 1. The molecule has 0 spiro atoms. The van der Waals surface area contributed by atoms with Gasteiger partial charge in [0.25, 0.3) is 5.91 Å². The molecule has 1 aromatic heterocycles. The normalized spacial score (nSPS) is 16.2. The second-order valence-electron chi connectivity index (χ2n) is 7.41. The summed E-state index contributed by atoms with van der Waals surface area (Å²) in [4.78, 5) is 24.3. The van der Waals surface area contributed by atoms with Crippen LogP contribution in [-0.4, -0.2) is 41.4 Å². The van der Waals surface area contributed by atoms with Crippen LogP contribution in [0.2, 0.25) is 0 Å². The zero-order valence-electron chi connectivity index (χ0n) is 16.3. The predicted molar refractivity (Wildman–Crippen MR) is 109 cm³/mol. The number of carboxylic acids is 1. The minimum absolute atomic E-state index is 0.0763. The topological polar surface area (TPSA) is 77.8 Å². The van der Waals surface area contributed by atoms with Gasteiger partial charge >= 0.3 is 5.97 Å². The van der Waals surface area contributed by atoms with E-state index >= 15 is 0 Å². The molecule has 2 heterocycles. The molecule has 1 saturated heterocycles. The molecular weight excluding hydrogens is 370 g/mol. The van der Waals surface area contributed by atoms with E-state index in [9.17, 15) is 9.59 Å². The van der Waals surface area contributed by atoms with E-state index < -0.39 is 5.97 Å². The van der Waals surface area contributed by atoms with Crippen molar-refractivity contribution in [2.75, 3.05) is 19.8 Å². The molecule has 29 heavy (non-hydrogen) atoms. The van der Waals surface area contributed by atoms with E-state index in [0.29, 0.717) is 29.2 Å². The standard InChI is InChI=1S/C23H23NO5/c1-15-11-20-18(12-22(25)26)3-2-4-21(20)24(15)23(27)17-5-7-19(8-6-17)29-14-16-9-10-28-13-16/h2-8,11,16H,9-10,12-14H2,1H3,(H,25,26). The molecule has 3 aromatic rings. The lowest BCUT2D eigenvalue weighted by Gasteiger charge is -2.11. The Balaban J connectivity index is 1.56. The molecule has 1 aliphatic heterocycles. The first-order valence-electron chi connectivity index (χ1n) is 9.70. The third kappa shape index (κ3) is 4.03. The quantitative estimate of drug-likeness (QED) is 0.691. The summed E-state index contributed by atoms with van der Waals surface area (Å²) < 4.78 is 12.8. The minimum atomic E-state index is -0.894. The maximum Gasteiger partial charge on any atom is 0.307 e. The van der Waals surface area contributed by atoms with Gasteiger partial charge < -0.3 is 14.6 Å². The summed E-state index contributed by atoms with van der Waals surface area (Å²) in [6, 6.07) is 14.4. The highest BCUT2D eigenvalue weighted by Gasteiger charge is 2.18. The van der Waals surface area contributed by atoms with Crippen LogP contribution in [0.3, 0.4) is 0 Å². The lowest BCUT2D eigenvalue weighted by molar-refractivity contribution is -0.136. The second-order valence-corrected chi connectivity index (χ2v) is 7.41. The third-order valence-electron chi connectivity index (χ3n) is 5.28. The zero-order valence-corrected chi connectivity index (χ0v) is 16.3. The van der Waals surface area contributed by atoms with Crippen molar-refractivity contribution in [1.29, 1.82) is 0 Å². The van der Waals surface area contributed by atoms with Crippen molar-refractivity contribution in [2.24, 2.45) is 5.92 Å². The van der Waals surface area contributed by atoms with Crippen LogP contribution in [-0.2, 0) is 16.0 Å². The molecule has 1 N–H and O–H groups in total. The van der Waals surface area contributed by atoms with Crippen LogP contribution >= 0.6 is 0 Å². The van der Waals surface area contributed by atoms with Gasteiger partial charge in [-0.2, -0.15) is 0 Å². The molecule has 6 heteroatoms. The molecule has 1 atom stereocenters. The minimum Gasteiger partial charge on any atom is -0.493 e. The van der Waals surface area contributed by atoms with Crippen molar-refractivity contribution in [3.63, 3.8) is 0 Å².